The van der Waals surface area contributed by atoms with Gasteiger partial charge in [-0.1, -0.05) is 0 Å². The molecule has 2 aliphatic rings. The van der Waals surface area contributed by atoms with Crippen molar-refractivity contribution in [1.82, 2.24) is 4.31 Å². The lowest BCUT2D eigenvalue weighted by Crippen LogP contribution is -2.43. The van der Waals surface area contributed by atoms with Crippen LogP contribution in [0.5, 0.6) is 0 Å². The van der Waals surface area contributed by atoms with Crippen LogP contribution in [0.15, 0.2) is 0 Å². The van der Waals surface area contributed by atoms with E-state index in [4.69, 9.17) is 4.74 Å². The molecule has 0 aromatic carbocycles. The molecule has 1 atom stereocenters. The van der Waals surface area contributed by atoms with Crippen LogP contribution in [0.1, 0.15) is 0 Å². The Morgan fingerprint density at radius 1 is 1.36 bits per heavy atom. The average Bonchev–Trinajstić information content (AvgIpc) is 2.29. The quantitative estimate of drug-likeness (QED) is 0.476. The van der Waals surface area contributed by atoms with Crippen LogP contribution in [-0.2, 0) is 19.2 Å². The van der Waals surface area contributed by atoms with Gasteiger partial charge in [0.2, 0.25) is 0 Å². The second kappa shape index (κ2) is 2.41. The Labute approximate surface area is 65.1 Å². The SMILES string of the molecule is O=S1(=O)OCC2COCCN21. The van der Waals surface area contributed by atoms with Crippen LogP contribution < -0.4 is 0 Å². The van der Waals surface area contributed by atoms with E-state index < -0.39 is 10.3 Å². The monoisotopic (exact) mass is 179 g/mol. The van der Waals surface area contributed by atoms with E-state index in [1.165, 1.54) is 4.31 Å². The maximum atomic E-state index is 11.0. The van der Waals surface area contributed by atoms with Crippen molar-refractivity contribution in [3.05, 3.63) is 0 Å². The molecule has 0 aromatic rings. The van der Waals surface area contributed by atoms with Crippen LogP contribution in [0, 0.1) is 0 Å². The van der Waals surface area contributed by atoms with Crippen molar-refractivity contribution in [2.24, 2.45) is 0 Å². The molecule has 2 fully saturated rings. The van der Waals surface area contributed by atoms with Gasteiger partial charge in [-0.25, -0.2) is 0 Å². The van der Waals surface area contributed by atoms with Crippen LogP contribution in [0.2, 0.25) is 0 Å². The van der Waals surface area contributed by atoms with Crippen molar-refractivity contribution in [2.45, 2.75) is 6.04 Å². The molecule has 2 saturated heterocycles. The minimum Gasteiger partial charge on any atom is -0.378 e. The molecular formula is C5H9NO4S. The Hall–Kier alpha value is -0.170. The summed E-state index contributed by atoms with van der Waals surface area (Å²) in [6, 6.07) is -0.0891. The van der Waals surface area contributed by atoms with Gasteiger partial charge >= 0.3 is 10.3 Å². The van der Waals surface area contributed by atoms with Crippen molar-refractivity contribution in [2.75, 3.05) is 26.4 Å². The summed E-state index contributed by atoms with van der Waals surface area (Å²) in [5.74, 6) is 0. The Kier molecular flexibility index (Phi) is 1.64. The maximum Gasteiger partial charge on any atom is 0.338 e. The van der Waals surface area contributed by atoms with Gasteiger partial charge in [-0.15, -0.1) is 0 Å². The summed E-state index contributed by atoms with van der Waals surface area (Å²) in [6.07, 6.45) is 0. The van der Waals surface area contributed by atoms with Crippen LogP contribution >= 0.6 is 0 Å². The van der Waals surface area contributed by atoms with Gasteiger partial charge in [0.15, 0.2) is 0 Å². The zero-order chi connectivity index (χ0) is 7.90. The fourth-order valence-corrected chi connectivity index (χ4v) is 2.55. The molecule has 5 nitrogen and oxygen atoms in total. The van der Waals surface area contributed by atoms with Gasteiger partial charge in [0.1, 0.15) is 0 Å². The summed E-state index contributed by atoms with van der Waals surface area (Å²) in [4.78, 5) is 0. The number of hydrogen-bond donors (Lipinski definition) is 0. The van der Waals surface area contributed by atoms with Crippen LogP contribution in [0.3, 0.4) is 0 Å². The smallest absolute Gasteiger partial charge is 0.338 e. The Morgan fingerprint density at radius 3 is 2.91 bits per heavy atom. The zero-order valence-corrected chi connectivity index (χ0v) is 6.71. The average molecular weight is 179 g/mol. The summed E-state index contributed by atoms with van der Waals surface area (Å²) in [5, 5.41) is 0. The highest BCUT2D eigenvalue weighted by atomic mass is 32.2. The van der Waals surface area contributed by atoms with Gasteiger partial charge in [0.25, 0.3) is 0 Å². The number of nitrogens with zero attached hydrogens (tertiary/aromatic N) is 1. The highest BCUT2D eigenvalue weighted by molar-refractivity contribution is 7.84. The molecule has 0 N–H and O–H groups in total. The van der Waals surface area contributed by atoms with E-state index in [-0.39, 0.29) is 12.6 Å². The van der Waals surface area contributed by atoms with Gasteiger partial charge in [-0.2, -0.15) is 12.7 Å². The van der Waals surface area contributed by atoms with E-state index in [0.717, 1.165) is 0 Å². The lowest BCUT2D eigenvalue weighted by Gasteiger charge is -2.24. The van der Waals surface area contributed by atoms with Crippen molar-refractivity contribution < 1.29 is 17.3 Å². The second-order valence-electron chi connectivity index (χ2n) is 2.58. The number of hydrogen-bond acceptors (Lipinski definition) is 4. The highest BCUT2D eigenvalue weighted by Crippen LogP contribution is 2.20. The highest BCUT2D eigenvalue weighted by Gasteiger charge is 2.40. The topological polar surface area (TPSA) is 55.8 Å². The van der Waals surface area contributed by atoms with Gasteiger partial charge in [-0.05, 0) is 0 Å². The van der Waals surface area contributed by atoms with E-state index in [1.807, 2.05) is 0 Å². The third kappa shape index (κ3) is 1.16. The van der Waals surface area contributed by atoms with Gasteiger partial charge in [-0.3, -0.25) is 4.18 Å². The molecular weight excluding hydrogens is 170 g/mol. The fraction of sp³-hybridized carbons (Fsp3) is 1.00. The van der Waals surface area contributed by atoms with E-state index in [2.05, 4.69) is 4.18 Å². The summed E-state index contributed by atoms with van der Waals surface area (Å²) < 4.78 is 33.1. The molecule has 64 valence electrons. The third-order valence-electron chi connectivity index (χ3n) is 1.87. The van der Waals surface area contributed by atoms with Crippen molar-refractivity contribution in [3.63, 3.8) is 0 Å². The zero-order valence-electron chi connectivity index (χ0n) is 5.89. The van der Waals surface area contributed by atoms with E-state index in [0.29, 0.717) is 19.8 Å². The van der Waals surface area contributed by atoms with Gasteiger partial charge < -0.3 is 4.74 Å². The minimum atomic E-state index is -3.39. The molecule has 0 amide bonds. The lowest BCUT2D eigenvalue weighted by atomic mass is 10.3. The first-order chi connectivity index (χ1) is 5.20. The predicted molar refractivity (Wildman–Crippen MR) is 36.2 cm³/mol. The maximum absolute atomic E-state index is 11.0. The second-order valence-corrected chi connectivity index (χ2v) is 4.14. The molecule has 2 heterocycles. The lowest BCUT2D eigenvalue weighted by molar-refractivity contribution is 0.0378. The molecule has 0 bridgehead atoms. The van der Waals surface area contributed by atoms with Crippen molar-refractivity contribution in [1.29, 1.82) is 0 Å². The fourth-order valence-electron chi connectivity index (χ4n) is 1.30. The van der Waals surface area contributed by atoms with Crippen LogP contribution in [0.25, 0.3) is 0 Å². The van der Waals surface area contributed by atoms with Crippen molar-refractivity contribution >= 4 is 10.3 Å². The third-order valence-corrected chi connectivity index (χ3v) is 3.36. The standard InChI is InChI=1S/C5H9NO4S/c7-11(8)6-1-2-9-3-5(6)4-10-11/h5H,1-4H2. The molecule has 6 heteroatoms. The summed E-state index contributed by atoms with van der Waals surface area (Å²) in [6.45, 7) is 1.59. The molecule has 2 aliphatic heterocycles. The summed E-state index contributed by atoms with van der Waals surface area (Å²) in [7, 11) is -3.39. The van der Waals surface area contributed by atoms with E-state index >= 15 is 0 Å². The molecule has 0 aromatic heterocycles. The first kappa shape index (κ1) is 7.48. The Bertz CT molecular complexity index is 249. The normalized spacial score (nSPS) is 36.9. The van der Waals surface area contributed by atoms with E-state index in [9.17, 15) is 8.42 Å². The first-order valence-electron chi connectivity index (χ1n) is 3.44. The van der Waals surface area contributed by atoms with E-state index in [1.54, 1.807) is 0 Å². The summed E-state index contributed by atoms with van der Waals surface area (Å²) in [5.41, 5.74) is 0. The number of morpholine rings is 1. The van der Waals surface area contributed by atoms with Gasteiger partial charge in [0, 0.05) is 6.54 Å². The van der Waals surface area contributed by atoms with Crippen LogP contribution in [-0.4, -0.2) is 45.1 Å². The molecule has 1 unspecified atom stereocenters. The van der Waals surface area contributed by atoms with Crippen LogP contribution in [0.4, 0.5) is 0 Å². The molecule has 2 rings (SSSR count). The molecule has 0 radical (unpaired) electrons. The molecule has 11 heavy (non-hydrogen) atoms. The Balaban J connectivity index is 2.23. The largest absolute Gasteiger partial charge is 0.378 e. The first-order valence-corrected chi connectivity index (χ1v) is 4.80. The molecule has 0 saturated carbocycles. The Morgan fingerprint density at radius 2 is 2.18 bits per heavy atom. The molecule has 0 spiro atoms. The van der Waals surface area contributed by atoms with Gasteiger partial charge in [0.05, 0.1) is 25.9 Å². The number of ether oxygens (including phenoxy) is 1. The molecule has 0 aliphatic carbocycles. The number of rotatable bonds is 0. The number of fused-ring (bicyclic) bond motifs is 1. The van der Waals surface area contributed by atoms with Crippen molar-refractivity contribution in [3.8, 4) is 0 Å². The minimum absolute atomic E-state index is 0.0891. The summed E-state index contributed by atoms with van der Waals surface area (Å²) >= 11 is 0. The predicted octanol–water partition coefficient (Wildman–Crippen LogP) is -1.04.